The van der Waals surface area contributed by atoms with Crippen LogP contribution < -0.4 is 9.80 Å². The van der Waals surface area contributed by atoms with E-state index >= 15 is 8.78 Å². The lowest BCUT2D eigenvalue weighted by Gasteiger charge is -2.50. The van der Waals surface area contributed by atoms with Crippen molar-refractivity contribution in [2.75, 3.05) is 9.80 Å². The number of alkyl halides is 2. The lowest BCUT2D eigenvalue weighted by Crippen LogP contribution is -2.60. The molecule has 1 N–H and O–H groups in total. The Bertz CT molecular complexity index is 2590. The third-order valence-corrected chi connectivity index (χ3v) is 12.9. The quantitative estimate of drug-likeness (QED) is 0.0489. The molecular formula is C40H24Cl2F5N3O6. The molecule has 16 heteroatoms. The van der Waals surface area contributed by atoms with Crippen molar-refractivity contribution in [2.45, 2.75) is 35.4 Å². The average molecular weight is 809 g/mol. The van der Waals surface area contributed by atoms with Gasteiger partial charge in [-0.25, -0.2) is 31.8 Å². The molecule has 2 aliphatic carbocycles. The standard InChI is InChI=1S/C40H24Cl2F5N3O6/c1-16-14-18(8-13-24(16)51)27-20-11-12-21-26(36(53)49(35(21)52)19-9-6-17(7-10-19)34-48-23-4-2-3-5-25(23)56-34)22(20)15-39(41)37(54)50(38(55)40(27,39)42)33-31(46)29(44)28(43)30(45)32(33)47/h2-11,13-14,21-22,26-27,51H,12,15H2,1H3/t21-,22+,26-,27-,39+,40-/m0/s1. The monoisotopic (exact) mass is 807 g/mol. The predicted octanol–water partition coefficient (Wildman–Crippen LogP) is 7.97. The van der Waals surface area contributed by atoms with Gasteiger partial charge in [0.2, 0.25) is 23.5 Å². The predicted molar refractivity (Wildman–Crippen MR) is 191 cm³/mol. The fourth-order valence-electron chi connectivity index (χ4n) is 8.80. The van der Waals surface area contributed by atoms with Crippen molar-refractivity contribution < 1.29 is 50.7 Å². The minimum Gasteiger partial charge on any atom is -0.508 e. The minimum atomic E-state index is -2.67. The highest BCUT2D eigenvalue weighted by molar-refractivity contribution is 6.58. The van der Waals surface area contributed by atoms with Gasteiger partial charge in [0, 0.05) is 11.5 Å². The second-order valence-corrected chi connectivity index (χ2v) is 15.5. The molecule has 9 rings (SSSR count). The first-order valence-electron chi connectivity index (χ1n) is 17.2. The highest BCUT2D eigenvalue weighted by Crippen LogP contribution is 2.66. The van der Waals surface area contributed by atoms with Crippen LogP contribution in [0.4, 0.5) is 33.3 Å². The van der Waals surface area contributed by atoms with E-state index in [9.17, 15) is 37.5 Å². The van der Waals surface area contributed by atoms with Gasteiger partial charge in [0.25, 0.3) is 11.8 Å². The summed E-state index contributed by atoms with van der Waals surface area (Å²) in [5.41, 5.74) is 0.870. The zero-order valence-electron chi connectivity index (χ0n) is 28.6. The number of phenolic OH excluding ortho intramolecular Hbond substituents is 1. The zero-order valence-corrected chi connectivity index (χ0v) is 30.1. The molecule has 4 amide bonds. The highest BCUT2D eigenvalue weighted by atomic mass is 35.5. The van der Waals surface area contributed by atoms with E-state index in [1.54, 1.807) is 48.5 Å². The summed E-state index contributed by atoms with van der Waals surface area (Å²) < 4.78 is 79.5. The van der Waals surface area contributed by atoms with Crippen LogP contribution in [-0.2, 0) is 19.2 Å². The van der Waals surface area contributed by atoms with Crippen LogP contribution in [0.25, 0.3) is 22.6 Å². The molecule has 56 heavy (non-hydrogen) atoms. The van der Waals surface area contributed by atoms with E-state index in [-0.39, 0.29) is 39.5 Å². The molecule has 5 aromatic rings. The van der Waals surface area contributed by atoms with Crippen molar-refractivity contribution in [3.8, 4) is 17.2 Å². The summed E-state index contributed by atoms with van der Waals surface area (Å²) in [5, 5.41) is 10.4. The molecular weight excluding hydrogens is 784 g/mol. The van der Waals surface area contributed by atoms with Crippen LogP contribution in [0.2, 0.25) is 0 Å². The van der Waals surface area contributed by atoms with Crippen LogP contribution >= 0.6 is 23.2 Å². The van der Waals surface area contributed by atoms with Crippen molar-refractivity contribution in [1.82, 2.24) is 4.98 Å². The number of allylic oxidation sites excluding steroid dienone is 2. The molecule has 4 aromatic carbocycles. The maximum absolute atomic E-state index is 15.3. The van der Waals surface area contributed by atoms with E-state index in [1.807, 2.05) is 6.07 Å². The number of hydrogen-bond donors (Lipinski definition) is 1. The van der Waals surface area contributed by atoms with E-state index in [2.05, 4.69) is 4.98 Å². The second kappa shape index (κ2) is 12.2. The summed E-state index contributed by atoms with van der Waals surface area (Å²) in [6.07, 6.45) is 0.930. The molecule has 9 nitrogen and oxygen atoms in total. The Morgan fingerprint density at radius 2 is 1.46 bits per heavy atom. The first kappa shape index (κ1) is 36.1. The maximum Gasteiger partial charge on any atom is 0.258 e. The Labute approximate surface area is 322 Å². The summed E-state index contributed by atoms with van der Waals surface area (Å²) in [6, 6.07) is 17.6. The van der Waals surface area contributed by atoms with Crippen LogP contribution in [-0.4, -0.2) is 43.5 Å². The van der Waals surface area contributed by atoms with E-state index in [0.717, 1.165) is 4.90 Å². The molecule has 0 bridgehead atoms. The van der Waals surface area contributed by atoms with Crippen LogP contribution in [0.5, 0.6) is 5.75 Å². The van der Waals surface area contributed by atoms with Crippen LogP contribution in [0.1, 0.15) is 29.9 Å². The van der Waals surface area contributed by atoms with E-state index in [1.165, 1.54) is 25.1 Å². The van der Waals surface area contributed by atoms with Crippen LogP contribution in [0.3, 0.4) is 0 Å². The second-order valence-electron chi connectivity index (χ2n) is 14.3. The van der Waals surface area contributed by atoms with Gasteiger partial charge >= 0.3 is 0 Å². The van der Waals surface area contributed by atoms with Gasteiger partial charge in [-0.2, -0.15) is 0 Å². The summed E-state index contributed by atoms with van der Waals surface area (Å²) in [5.74, 6) is -21.2. The van der Waals surface area contributed by atoms with Gasteiger partial charge in [-0.1, -0.05) is 35.9 Å². The molecule has 3 heterocycles. The molecule has 0 spiro atoms. The molecule has 3 fully saturated rings. The third-order valence-electron chi connectivity index (χ3n) is 11.4. The van der Waals surface area contributed by atoms with Crippen molar-refractivity contribution in [3.05, 3.63) is 119 Å². The number of carbonyl (C=O) groups is 4. The van der Waals surface area contributed by atoms with Crippen molar-refractivity contribution >= 4 is 69.3 Å². The Balaban J connectivity index is 1.14. The molecule has 0 unspecified atom stereocenters. The van der Waals surface area contributed by atoms with Crippen LogP contribution in [0.15, 0.2) is 82.8 Å². The van der Waals surface area contributed by atoms with E-state index in [4.69, 9.17) is 27.6 Å². The third kappa shape index (κ3) is 4.62. The number of carbonyl (C=O) groups excluding carboxylic acids is 4. The number of aromatic hydroxyl groups is 1. The van der Waals surface area contributed by atoms with Gasteiger partial charge in [0.1, 0.15) is 17.0 Å². The molecule has 1 aromatic heterocycles. The number of aromatic nitrogens is 1. The first-order valence-corrected chi connectivity index (χ1v) is 18.0. The summed E-state index contributed by atoms with van der Waals surface area (Å²) in [7, 11) is 0. The summed E-state index contributed by atoms with van der Waals surface area (Å²) in [6.45, 7) is 1.52. The van der Waals surface area contributed by atoms with Crippen molar-refractivity contribution in [1.29, 1.82) is 0 Å². The number of para-hydroxylation sites is 2. The van der Waals surface area contributed by atoms with Crippen LogP contribution in [0, 0.1) is 53.8 Å². The fourth-order valence-corrected chi connectivity index (χ4v) is 9.74. The molecule has 4 aliphatic rings. The maximum atomic E-state index is 15.3. The Morgan fingerprint density at radius 3 is 2.12 bits per heavy atom. The number of benzene rings is 4. The summed E-state index contributed by atoms with van der Waals surface area (Å²) in [4.78, 5) is 57.3. The minimum absolute atomic E-state index is 0.0299. The summed E-state index contributed by atoms with van der Waals surface area (Å²) >= 11 is 14.4. The van der Waals surface area contributed by atoms with Crippen molar-refractivity contribution in [2.24, 2.45) is 17.8 Å². The van der Waals surface area contributed by atoms with Gasteiger partial charge in [0.05, 0.1) is 17.5 Å². The van der Waals surface area contributed by atoms with E-state index < -0.39 is 98.2 Å². The Morgan fingerprint density at radius 1 is 0.804 bits per heavy atom. The Kier molecular flexibility index (Phi) is 7.86. The van der Waals surface area contributed by atoms with Gasteiger partial charge in [0.15, 0.2) is 38.6 Å². The number of hydrogen-bond acceptors (Lipinski definition) is 7. The zero-order chi connectivity index (χ0) is 39.7. The Hall–Kier alpha value is -5.60. The van der Waals surface area contributed by atoms with Crippen molar-refractivity contribution in [3.63, 3.8) is 0 Å². The van der Waals surface area contributed by atoms with Gasteiger partial charge in [-0.3, -0.25) is 24.1 Å². The number of fused-ring (bicyclic) bond motifs is 5. The molecule has 2 saturated heterocycles. The SMILES string of the molecule is Cc1cc([C@H]2C3=CC[C@@H]4C(=O)N(c5ccc(-c6nc7ccccc7o6)cc5)C(=O)[C@@H]4[C@@H]3C[C@@]3(Cl)C(=O)N(c4c(F)c(F)c(F)c(F)c4F)C(=O)[C@@]23Cl)ccc1O. The number of amides is 4. The number of anilines is 2. The fraction of sp³-hybridized carbons (Fsp3) is 0.225. The average Bonchev–Trinajstić information content (AvgIpc) is 3.78. The number of rotatable bonds is 4. The number of imide groups is 2. The molecule has 2 aliphatic heterocycles. The molecule has 0 radical (unpaired) electrons. The number of oxazole rings is 1. The van der Waals surface area contributed by atoms with Gasteiger partial charge < -0.3 is 9.52 Å². The lowest BCUT2D eigenvalue weighted by atomic mass is 9.56. The number of phenols is 1. The van der Waals surface area contributed by atoms with E-state index in [0.29, 0.717) is 22.6 Å². The first-order chi connectivity index (χ1) is 26.6. The lowest BCUT2D eigenvalue weighted by molar-refractivity contribution is -0.125. The number of nitrogens with zero attached hydrogens (tertiary/aromatic N) is 3. The topological polar surface area (TPSA) is 121 Å². The number of aryl methyl sites for hydroxylation is 1. The largest absolute Gasteiger partial charge is 0.508 e. The molecule has 284 valence electrons. The molecule has 1 saturated carbocycles. The number of halogens is 7. The van der Waals surface area contributed by atoms with Gasteiger partial charge in [-0.15, -0.1) is 23.2 Å². The molecule has 6 atom stereocenters. The van der Waals surface area contributed by atoms with Gasteiger partial charge in [-0.05, 0) is 79.3 Å². The normalized spacial score (nSPS) is 27.2. The smallest absolute Gasteiger partial charge is 0.258 e. The highest BCUT2D eigenvalue weighted by Gasteiger charge is 2.77.